The highest BCUT2D eigenvalue weighted by molar-refractivity contribution is 6.03. The van der Waals surface area contributed by atoms with Gasteiger partial charge in [-0.3, -0.25) is 9.59 Å². The Kier molecular flexibility index (Phi) is 7.26. The number of nitrogens with zero attached hydrogens (tertiary/aromatic N) is 1. The summed E-state index contributed by atoms with van der Waals surface area (Å²) in [6, 6.07) is 19.1. The summed E-state index contributed by atoms with van der Waals surface area (Å²) in [5.74, 6) is -6.73. The Morgan fingerprint density at radius 2 is 1.27 bits per heavy atom. The summed E-state index contributed by atoms with van der Waals surface area (Å²) < 4.78 is 42.0. The first-order valence-corrected chi connectivity index (χ1v) is 12.6. The van der Waals surface area contributed by atoms with E-state index >= 15 is 0 Å². The predicted molar refractivity (Wildman–Crippen MR) is 141 cm³/mol. The van der Waals surface area contributed by atoms with E-state index in [1.54, 1.807) is 31.2 Å². The lowest BCUT2D eigenvalue weighted by atomic mass is 9.76. The van der Waals surface area contributed by atoms with Gasteiger partial charge in [-0.05, 0) is 66.6 Å². The van der Waals surface area contributed by atoms with Crippen LogP contribution < -0.4 is 0 Å². The molecule has 5 nitrogen and oxygen atoms in total. The molecule has 1 aliphatic heterocycles. The Morgan fingerprint density at radius 1 is 0.700 bits per heavy atom. The Balaban J connectivity index is 1.78. The second kappa shape index (κ2) is 10.8. The molecule has 4 aromatic rings. The Bertz CT molecular complexity index is 1590. The van der Waals surface area contributed by atoms with E-state index < -0.39 is 59.0 Å². The maximum Gasteiger partial charge on any atom is 0.327 e. The predicted octanol–water partition coefficient (Wildman–Crippen LogP) is 6.35. The average Bonchev–Trinajstić information content (AvgIpc) is 3.29. The molecule has 0 aliphatic carbocycles. The number of carboxylic acids is 1. The lowest BCUT2D eigenvalue weighted by molar-refractivity contribution is -0.142. The summed E-state index contributed by atoms with van der Waals surface area (Å²) in [5, 5.41) is 10.5. The van der Waals surface area contributed by atoms with E-state index in [-0.39, 0.29) is 5.56 Å². The molecule has 0 radical (unpaired) electrons. The largest absolute Gasteiger partial charge is 0.480 e. The fourth-order valence-electron chi connectivity index (χ4n) is 5.61. The maximum absolute atomic E-state index is 14.3. The second-order valence-corrected chi connectivity index (χ2v) is 9.84. The van der Waals surface area contributed by atoms with Crippen molar-refractivity contribution < 1.29 is 32.7 Å². The molecular weight excluding hydrogens is 519 g/mol. The Labute approximate surface area is 228 Å². The summed E-state index contributed by atoms with van der Waals surface area (Å²) in [6.45, 7) is 1.81. The lowest BCUT2D eigenvalue weighted by Crippen LogP contribution is -2.43. The van der Waals surface area contributed by atoms with Crippen molar-refractivity contribution in [1.82, 2.24) is 4.90 Å². The van der Waals surface area contributed by atoms with Gasteiger partial charge in [-0.25, -0.2) is 18.0 Å². The molecule has 0 saturated carbocycles. The minimum absolute atomic E-state index is 0.111. The van der Waals surface area contributed by atoms with Crippen LogP contribution in [0.5, 0.6) is 0 Å². The van der Waals surface area contributed by atoms with Crippen LogP contribution >= 0.6 is 0 Å². The zero-order chi connectivity index (χ0) is 28.6. The molecule has 1 amide bonds. The van der Waals surface area contributed by atoms with Crippen LogP contribution in [0.15, 0.2) is 97.1 Å². The van der Waals surface area contributed by atoms with Gasteiger partial charge in [0.2, 0.25) is 0 Å². The number of likely N-dealkylation sites (tertiary alicyclic amines) is 1. The van der Waals surface area contributed by atoms with E-state index in [0.29, 0.717) is 16.7 Å². The molecule has 1 saturated heterocycles. The highest BCUT2D eigenvalue weighted by Gasteiger charge is 2.57. The summed E-state index contributed by atoms with van der Waals surface area (Å²) in [5.41, 5.74) is 1.64. The highest BCUT2D eigenvalue weighted by atomic mass is 19.1. The van der Waals surface area contributed by atoms with Crippen LogP contribution in [0.25, 0.3) is 0 Å². The quantitative estimate of drug-likeness (QED) is 0.288. The van der Waals surface area contributed by atoms with E-state index in [1.807, 2.05) is 0 Å². The number of hydrogen-bond acceptors (Lipinski definition) is 3. The van der Waals surface area contributed by atoms with E-state index in [2.05, 4.69) is 0 Å². The molecular formula is C32H24F3NO4. The van der Waals surface area contributed by atoms with Gasteiger partial charge in [0.25, 0.3) is 5.91 Å². The molecule has 1 fully saturated rings. The van der Waals surface area contributed by atoms with Crippen LogP contribution in [-0.2, 0) is 4.79 Å². The standard InChI is InChI=1S/C32H24F3NO4/c1-18-4-2-5-21(16-18)30(37)27-26(19-8-12-23(33)13-9-19)29(32(39)40)36(28(27)20-10-14-24(34)15-11-20)31(38)22-6-3-7-25(35)17-22/h2-17,26-29H,1H3,(H,39,40). The number of halogens is 3. The van der Waals surface area contributed by atoms with Gasteiger partial charge in [-0.2, -0.15) is 0 Å². The van der Waals surface area contributed by atoms with Crippen LogP contribution in [-0.4, -0.2) is 33.7 Å². The van der Waals surface area contributed by atoms with E-state index in [0.717, 1.165) is 46.9 Å². The SMILES string of the molecule is Cc1cccc(C(=O)C2C(c3ccc(F)cc3)C(C(=O)O)N(C(=O)c3cccc(F)c3)C2c2ccc(F)cc2)c1. The summed E-state index contributed by atoms with van der Waals surface area (Å²) in [7, 11) is 0. The monoisotopic (exact) mass is 543 g/mol. The Morgan fingerprint density at radius 3 is 1.85 bits per heavy atom. The fraction of sp³-hybridized carbons (Fsp3) is 0.156. The van der Waals surface area contributed by atoms with E-state index in [1.165, 1.54) is 36.4 Å². The zero-order valence-electron chi connectivity index (χ0n) is 21.3. The van der Waals surface area contributed by atoms with Crippen molar-refractivity contribution in [3.8, 4) is 0 Å². The smallest absolute Gasteiger partial charge is 0.327 e. The lowest BCUT2D eigenvalue weighted by Gasteiger charge is -2.30. The molecule has 4 atom stereocenters. The molecule has 1 heterocycles. The molecule has 0 spiro atoms. The zero-order valence-corrected chi connectivity index (χ0v) is 21.3. The van der Waals surface area contributed by atoms with Crippen molar-refractivity contribution in [3.05, 3.63) is 142 Å². The molecule has 1 aliphatic rings. The maximum atomic E-state index is 14.3. The second-order valence-electron chi connectivity index (χ2n) is 9.84. The molecule has 40 heavy (non-hydrogen) atoms. The van der Waals surface area contributed by atoms with Crippen molar-refractivity contribution >= 4 is 17.7 Å². The van der Waals surface area contributed by atoms with Gasteiger partial charge in [0.1, 0.15) is 23.5 Å². The third-order valence-electron chi connectivity index (χ3n) is 7.30. The normalized spacial score (nSPS) is 20.4. The number of aliphatic carboxylic acids is 1. The van der Waals surface area contributed by atoms with Crippen molar-refractivity contribution in [2.45, 2.75) is 24.9 Å². The summed E-state index contributed by atoms with van der Waals surface area (Å²) >= 11 is 0. The topological polar surface area (TPSA) is 74.7 Å². The average molecular weight is 544 g/mol. The number of carboxylic acid groups (broad SMARTS) is 1. The molecule has 5 rings (SSSR count). The third-order valence-corrected chi connectivity index (χ3v) is 7.30. The van der Waals surface area contributed by atoms with Crippen molar-refractivity contribution in [2.24, 2.45) is 5.92 Å². The molecule has 4 aromatic carbocycles. The van der Waals surface area contributed by atoms with Crippen LogP contribution in [0.4, 0.5) is 13.2 Å². The number of rotatable bonds is 6. The third kappa shape index (κ3) is 5.00. The van der Waals surface area contributed by atoms with Crippen molar-refractivity contribution in [1.29, 1.82) is 0 Å². The van der Waals surface area contributed by atoms with Gasteiger partial charge in [0, 0.05) is 17.0 Å². The van der Waals surface area contributed by atoms with Gasteiger partial charge in [-0.1, -0.05) is 54.1 Å². The van der Waals surface area contributed by atoms with Crippen molar-refractivity contribution in [2.75, 3.05) is 0 Å². The summed E-state index contributed by atoms with van der Waals surface area (Å²) in [6.07, 6.45) is 0. The van der Waals surface area contributed by atoms with E-state index in [9.17, 15) is 32.7 Å². The highest BCUT2D eigenvalue weighted by Crippen LogP contribution is 2.51. The van der Waals surface area contributed by atoms with Gasteiger partial charge < -0.3 is 10.0 Å². The first-order chi connectivity index (χ1) is 19.2. The van der Waals surface area contributed by atoms with Crippen molar-refractivity contribution in [3.63, 3.8) is 0 Å². The molecule has 8 heteroatoms. The number of carbonyl (C=O) groups is 3. The van der Waals surface area contributed by atoms with Gasteiger partial charge >= 0.3 is 5.97 Å². The van der Waals surface area contributed by atoms with Gasteiger partial charge in [-0.15, -0.1) is 0 Å². The first kappa shape index (κ1) is 26.9. The molecule has 4 unspecified atom stereocenters. The van der Waals surface area contributed by atoms with Crippen LogP contribution in [0.2, 0.25) is 0 Å². The number of carbonyl (C=O) groups excluding carboxylic acids is 2. The number of hydrogen-bond donors (Lipinski definition) is 1. The molecule has 0 bridgehead atoms. The molecule has 1 N–H and O–H groups in total. The first-order valence-electron chi connectivity index (χ1n) is 12.6. The number of amides is 1. The fourth-order valence-corrected chi connectivity index (χ4v) is 5.61. The molecule has 0 aromatic heterocycles. The number of ketones is 1. The van der Waals surface area contributed by atoms with Crippen LogP contribution in [0.3, 0.4) is 0 Å². The van der Waals surface area contributed by atoms with E-state index in [4.69, 9.17) is 0 Å². The van der Waals surface area contributed by atoms with Gasteiger partial charge in [0.15, 0.2) is 5.78 Å². The van der Waals surface area contributed by atoms with Crippen LogP contribution in [0.1, 0.15) is 49.4 Å². The Hall–Kier alpha value is -4.72. The number of benzene rings is 4. The number of Topliss-reactive ketones (excluding diaryl/α,β-unsaturated/α-hetero) is 1. The summed E-state index contributed by atoms with van der Waals surface area (Å²) in [4.78, 5) is 42.3. The minimum atomic E-state index is -1.59. The number of aryl methyl sites for hydroxylation is 1. The van der Waals surface area contributed by atoms with Gasteiger partial charge in [0.05, 0.1) is 12.0 Å². The molecule has 202 valence electrons. The minimum Gasteiger partial charge on any atom is -0.480 e. The van der Waals surface area contributed by atoms with Crippen LogP contribution in [0, 0.1) is 30.3 Å².